The zero-order valence-corrected chi connectivity index (χ0v) is 21.2. The maximum Gasteiger partial charge on any atom is 0.0974 e. The number of aryl methyl sites for hydroxylation is 2. The first-order valence-electron chi connectivity index (χ1n) is 12.7. The van der Waals surface area contributed by atoms with Crippen molar-refractivity contribution in [2.75, 3.05) is 0 Å². The molecule has 0 saturated carbocycles. The number of nitrogens with zero attached hydrogens (tertiary/aromatic N) is 4. The second kappa shape index (κ2) is 8.86. The fourth-order valence-electron chi connectivity index (χ4n) is 5.17. The lowest BCUT2D eigenvalue weighted by atomic mass is 9.95. The lowest BCUT2D eigenvalue weighted by molar-refractivity contribution is 1.23. The van der Waals surface area contributed by atoms with E-state index in [4.69, 9.17) is 19.9 Å². The Morgan fingerprint density at radius 1 is 0.447 bits per heavy atom. The second-order valence-corrected chi connectivity index (χ2v) is 9.65. The molecule has 3 heterocycles. The molecule has 0 radical (unpaired) electrons. The van der Waals surface area contributed by atoms with Gasteiger partial charge < -0.3 is 0 Å². The molecule has 0 aliphatic heterocycles. The molecule has 0 aliphatic rings. The number of fused-ring (bicyclic) bond motifs is 4. The number of pyridine rings is 2. The number of aromatic nitrogens is 4. The minimum Gasteiger partial charge on any atom is -0.251 e. The van der Waals surface area contributed by atoms with Gasteiger partial charge in [0.05, 0.1) is 33.5 Å². The Labute approximate surface area is 220 Å². The highest BCUT2D eigenvalue weighted by Crippen LogP contribution is 2.36. The summed E-state index contributed by atoms with van der Waals surface area (Å²) < 4.78 is 0. The maximum atomic E-state index is 5.10. The number of para-hydroxylation sites is 2. The van der Waals surface area contributed by atoms with Crippen molar-refractivity contribution in [2.24, 2.45) is 0 Å². The molecular formula is C34H24N4. The van der Waals surface area contributed by atoms with Gasteiger partial charge in [-0.3, -0.25) is 9.97 Å². The summed E-state index contributed by atoms with van der Waals surface area (Å²) in [4.78, 5) is 19.9. The summed E-state index contributed by atoms with van der Waals surface area (Å²) in [7, 11) is 0. The molecule has 38 heavy (non-hydrogen) atoms. The average molecular weight is 489 g/mol. The fourth-order valence-corrected chi connectivity index (χ4v) is 5.17. The Morgan fingerprint density at radius 2 is 1.08 bits per heavy atom. The van der Waals surface area contributed by atoms with Crippen LogP contribution in [0.15, 0.2) is 109 Å². The van der Waals surface area contributed by atoms with Crippen LogP contribution in [0.25, 0.3) is 66.5 Å². The van der Waals surface area contributed by atoms with Gasteiger partial charge in [0.25, 0.3) is 0 Å². The van der Waals surface area contributed by atoms with E-state index in [1.807, 2.05) is 62.4 Å². The first-order chi connectivity index (χ1) is 18.6. The normalized spacial score (nSPS) is 11.4. The molecule has 0 saturated heterocycles. The molecule has 0 spiro atoms. The van der Waals surface area contributed by atoms with Crippen LogP contribution in [-0.4, -0.2) is 19.9 Å². The van der Waals surface area contributed by atoms with Gasteiger partial charge in [-0.15, -0.1) is 0 Å². The Balaban J connectivity index is 1.47. The molecule has 4 nitrogen and oxygen atoms in total. The Hall–Kier alpha value is -4.96. The van der Waals surface area contributed by atoms with E-state index in [1.54, 1.807) is 0 Å². The standard InChI is InChI=1S/C34H24N4/c1-21-15-16-24-17-18-27-28(19-22(2)36-34(27)32(24)35-21)25-11-8-12-26(20-25)33-31(23-9-4-3-5-10-23)37-29-13-6-7-14-30(29)38-33/h3-20H,1-2H3. The minimum absolute atomic E-state index is 0.870. The van der Waals surface area contributed by atoms with Gasteiger partial charge in [0, 0.05) is 33.3 Å². The molecule has 0 bridgehead atoms. The molecule has 7 aromatic rings. The first-order valence-corrected chi connectivity index (χ1v) is 12.7. The van der Waals surface area contributed by atoms with Crippen LogP contribution in [0.5, 0.6) is 0 Å². The van der Waals surface area contributed by atoms with Crippen LogP contribution in [0, 0.1) is 13.8 Å². The molecule has 4 aromatic carbocycles. The number of hydrogen-bond donors (Lipinski definition) is 0. The quantitative estimate of drug-likeness (QED) is 0.235. The molecular weight excluding hydrogens is 464 g/mol. The van der Waals surface area contributed by atoms with Gasteiger partial charge in [-0.25, -0.2) is 9.97 Å². The molecule has 0 N–H and O–H groups in total. The summed E-state index contributed by atoms with van der Waals surface area (Å²) in [6.45, 7) is 4.07. The van der Waals surface area contributed by atoms with Crippen LogP contribution in [0.2, 0.25) is 0 Å². The van der Waals surface area contributed by atoms with Gasteiger partial charge in [0.2, 0.25) is 0 Å². The number of rotatable bonds is 3. The molecule has 0 atom stereocenters. The lowest BCUT2D eigenvalue weighted by Gasteiger charge is -2.14. The first kappa shape index (κ1) is 22.3. The molecule has 7 rings (SSSR count). The average Bonchev–Trinajstić information content (AvgIpc) is 2.96. The summed E-state index contributed by atoms with van der Waals surface area (Å²) in [6.07, 6.45) is 0. The molecule has 4 heteroatoms. The van der Waals surface area contributed by atoms with Crippen molar-refractivity contribution in [1.29, 1.82) is 0 Å². The molecule has 0 fully saturated rings. The zero-order chi connectivity index (χ0) is 25.6. The Kier molecular flexibility index (Phi) is 5.19. The molecule has 0 aliphatic carbocycles. The van der Waals surface area contributed by atoms with Gasteiger partial charge in [-0.05, 0) is 55.3 Å². The minimum atomic E-state index is 0.870. The second-order valence-electron chi connectivity index (χ2n) is 9.65. The Bertz CT molecular complexity index is 1990. The van der Waals surface area contributed by atoms with Crippen molar-refractivity contribution < 1.29 is 0 Å². The molecule has 3 aromatic heterocycles. The van der Waals surface area contributed by atoms with Gasteiger partial charge in [-0.2, -0.15) is 0 Å². The highest BCUT2D eigenvalue weighted by Gasteiger charge is 2.16. The maximum absolute atomic E-state index is 5.10. The van der Waals surface area contributed by atoms with Crippen LogP contribution in [0.4, 0.5) is 0 Å². The zero-order valence-electron chi connectivity index (χ0n) is 21.2. The van der Waals surface area contributed by atoms with Crippen LogP contribution in [-0.2, 0) is 0 Å². The third-order valence-corrected chi connectivity index (χ3v) is 6.97. The number of benzene rings is 4. The topological polar surface area (TPSA) is 51.6 Å². The summed E-state index contributed by atoms with van der Waals surface area (Å²) in [6, 6.07) is 37.5. The van der Waals surface area contributed by atoms with Crippen molar-refractivity contribution in [3.8, 4) is 33.6 Å². The summed E-state index contributed by atoms with van der Waals surface area (Å²) >= 11 is 0. The van der Waals surface area contributed by atoms with Crippen LogP contribution >= 0.6 is 0 Å². The molecule has 0 unspecified atom stereocenters. The van der Waals surface area contributed by atoms with Crippen LogP contribution < -0.4 is 0 Å². The van der Waals surface area contributed by atoms with Crippen molar-refractivity contribution in [3.05, 3.63) is 121 Å². The van der Waals surface area contributed by atoms with Crippen LogP contribution in [0.3, 0.4) is 0 Å². The summed E-state index contributed by atoms with van der Waals surface area (Å²) in [5.41, 5.74) is 11.6. The van der Waals surface area contributed by atoms with E-state index in [0.29, 0.717) is 0 Å². The fraction of sp³-hybridized carbons (Fsp3) is 0.0588. The van der Waals surface area contributed by atoms with E-state index in [0.717, 1.165) is 77.9 Å². The predicted molar refractivity (Wildman–Crippen MR) is 156 cm³/mol. The largest absolute Gasteiger partial charge is 0.251 e. The van der Waals surface area contributed by atoms with Crippen LogP contribution in [0.1, 0.15) is 11.4 Å². The number of hydrogen-bond acceptors (Lipinski definition) is 4. The third-order valence-electron chi connectivity index (χ3n) is 6.97. The van der Waals surface area contributed by atoms with Crippen molar-refractivity contribution >= 4 is 32.8 Å². The third kappa shape index (κ3) is 3.78. The van der Waals surface area contributed by atoms with Gasteiger partial charge in [0.1, 0.15) is 0 Å². The predicted octanol–water partition coefficient (Wildman–Crippen LogP) is 8.34. The van der Waals surface area contributed by atoms with E-state index in [1.165, 1.54) is 0 Å². The van der Waals surface area contributed by atoms with Gasteiger partial charge >= 0.3 is 0 Å². The van der Waals surface area contributed by atoms with E-state index in [9.17, 15) is 0 Å². The van der Waals surface area contributed by atoms with Gasteiger partial charge in [0.15, 0.2) is 0 Å². The van der Waals surface area contributed by atoms with Crippen molar-refractivity contribution in [3.63, 3.8) is 0 Å². The van der Waals surface area contributed by atoms with E-state index < -0.39 is 0 Å². The lowest BCUT2D eigenvalue weighted by Crippen LogP contribution is -1.96. The monoisotopic (exact) mass is 488 g/mol. The van der Waals surface area contributed by atoms with Crippen molar-refractivity contribution in [1.82, 2.24) is 19.9 Å². The summed E-state index contributed by atoms with van der Waals surface area (Å²) in [5.74, 6) is 0. The van der Waals surface area contributed by atoms with E-state index in [-0.39, 0.29) is 0 Å². The van der Waals surface area contributed by atoms with E-state index in [2.05, 4.69) is 60.7 Å². The molecule has 0 amide bonds. The SMILES string of the molecule is Cc1ccc2ccc3c(-c4cccc(-c5nc6ccccc6nc5-c5ccccc5)c4)cc(C)nc3c2n1. The molecule has 180 valence electrons. The highest BCUT2D eigenvalue weighted by atomic mass is 14.8. The van der Waals surface area contributed by atoms with Crippen molar-refractivity contribution in [2.45, 2.75) is 13.8 Å². The summed E-state index contributed by atoms with van der Waals surface area (Å²) in [5, 5.41) is 2.19. The smallest absolute Gasteiger partial charge is 0.0974 e. The highest BCUT2D eigenvalue weighted by molar-refractivity contribution is 6.08. The van der Waals surface area contributed by atoms with Gasteiger partial charge in [-0.1, -0.05) is 78.9 Å². The Morgan fingerprint density at radius 3 is 1.87 bits per heavy atom. The van der Waals surface area contributed by atoms with E-state index >= 15 is 0 Å².